The average molecular weight is 394 g/mol. The van der Waals surface area contributed by atoms with Crippen LogP contribution in [0.1, 0.15) is 10.5 Å². The van der Waals surface area contributed by atoms with Crippen molar-refractivity contribution in [3.8, 4) is 5.75 Å². The summed E-state index contributed by atoms with van der Waals surface area (Å²) in [5, 5.41) is 4.43. The van der Waals surface area contributed by atoms with Gasteiger partial charge >= 0.3 is 0 Å². The molecule has 0 fully saturated rings. The van der Waals surface area contributed by atoms with Crippen LogP contribution in [0.3, 0.4) is 0 Å². The number of hydrogen-bond acceptors (Lipinski definition) is 2. The quantitative estimate of drug-likeness (QED) is 0.632. The molecule has 1 amide bonds. The van der Waals surface area contributed by atoms with Gasteiger partial charge in [0.05, 0.1) is 11.0 Å². The van der Waals surface area contributed by atoms with Crippen molar-refractivity contribution in [1.82, 2.24) is 10.3 Å². The highest BCUT2D eigenvalue weighted by atomic mass is 79.9. The fourth-order valence-corrected chi connectivity index (χ4v) is 3.05. The maximum Gasteiger partial charge on any atom is 0.269 e. The van der Waals surface area contributed by atoms with Gasteiger partial charge in [-0.25, -0.2) is 0 Å². The van der Waals surface area contributed by atoms with Crippen LogP contribution >= 0.6 is 27.5 Å². The average Bonchev–Trinajstić information content (AvgIpc) is 2.89. The second-order valence-electron chi connectivity index (χ2n) is 4.92. The Morgan fingerprint density at radius 3 is 2.83 bits per heavy atom. The lowest BCUT2D eigenvalue weighted by Crippen LogP contribution is -2.28. The van der Waals surface area contributed by atoms with Gasteiger partial charge in [0.25, 0.3) is 5.91 Å². The molecule has 3 aromatic rings. The minimum Gasteiger partial charge on any atom is -0.492 e. The zero-order chi connectivity index (χ0) is 16.2. The highest BCUT2D eigenvalue weighted by Gasteiger charge is 2.15. The molecule has 0 saturated carbocycles. The van der Waals surface area contributed by atoms with E-state index in [2.05, 4.69) is 26.2 Å². The van der Waals surface area contributed by atoms with Crippen LogP contribution in [0.15, 0.2) is 53.0 Å². The lowest BCUT2D eigenvalue weighted by molar-refractivity contribution is 0.0942. The van der Waals surface area contributed by atoms with Crippen LogP contribution in [-0.2, 0) is 0 Å². The molecule has 0 unspecified atom stereocenters. The maximum absolute atomic E-state index is 12.3. The van der Waals surface area contributed by atoms with Crippen LogP contribution in [0, 0.1) is 0 Å². The number of ether oxygens (including phenoxy) is 1. The van der Waals surface area contributed by atoms with Crippen molar-refractivity contribution in [3.05, 3.63) is 63.7 Å². The summed E-state index contributed by atoms with van der Waals surface area (Å²) >= 11 is 9.35. The molecule has 0 aliphatic rings. The van der Waals surface area contributed by atoms with Crippen LogP contribution in [0.25, 0.3) is 10.9 Å². The summed E-state index contributed by atoms with van der Waals surface area (Å²) in [6, 6.07) is 14.9. The summed E-state index contributed by atoms with van der Waals surface area (Å²) in [4.78, 5) is 15.4. The van der Waals surface area contributed by atoms with Gasteiger partial charge in [0.15, 0.2) is 0 Å². The minimum absolute atomic E-state index is 0.178. The Morgan fingerprint density at radius 2 is 2.04 bits per heavy atom. The molecule has 0 aliphatic carbocycles. The monoisotopic (exact) mass is 392 g/mol. The first-order chi connectivity index (χ1) is 11.1. The predicted molar refractivity (Wildman–Crippen MR) is 95.3 cm³/mol. The van der Waals surface area contributed by atoms with E-state index >= 15 is 0 Å². The zero-order valence-electron chi connectivity index (χ0n) is 12.1. The first-order valence-electron chi connectivity index (χ1n) is 7.08. The fourth-order valence-electron chi connectivity index (χ4n) is 2.24. The molecule has 0 bridgehead atoms. The van der Waals surface area contributed by atoms with E-state index in [9.17, 15) is 4.79 Å². The number of benzene rings is 2. The first kappa shape index (κ1) is 15.9. The third-order valence-corrected chi connectivity index (χ3v) is 4.38. The SMILES string of the molecule is O=C(NCCOc1cccc(Cl)c1)c1[nH]c2ccccc2c1Br. The number of para-hydroxylation sites is 1. The molecule has 0 radical (unpaired) electrons. The van der Waals surface area contributed by atoms with Crippen LogP contribution in [-0.4, -0.2) is 24.0 Å². The van der Waals surface area contributed by atoms with E-state index in [1.54, 1.807) is 12.1 Å². The van der Waals surface area contributed by atoms with Crippen molar-refractivity contribution < 1.29 is 9.53 Å². The van der Waals surface area contributed by atoms with Gasteiger partial charge in [0.2, 0.25) is 0 Å². The molecule has 23 heavy (non-hydrogen) atoms. The summed E-state index contributed by atoms with van der Waals surface area (Å²) < 4.78 is 6.31. The third-order valence-electron chi connectivity index (χ3n) is 3.32. The van der Waals surface area contributed by atoms with E-state index in [1.165, 1.54) is 0 Å². The van der Waals surface area contributed by atoms with Crippen molar-refractivity contribution in [1.29, 1.82) is 0 Å². The smallest absolute Gasteiger partial charge is 0.269 e. The first-order valence-corrected chi connectivity index (χ1v) is 8.25. The van der Waals surface area contributed by atoms with Gasteiger partial charge in [-0.2, -0.15) is 0 Å². The van der Waals surface area contributed by atoms with Crippen molar-refractivity contribution in [2.45, 2.75) is 0 Å². The van der Waals surface area contributed by atoms with E-state index < -0.39 is 0 Å². The van der Waals surface area contributed by atoms with Crippen molar-refractivity contribution >= 4 is 44.3 Å². The topological polar surface area (TPSA) is 54.1 Å². The van der Waals surface area contributed by atoms with E-state index in [-0.39, 0.29) is 5.91 Å². The molecule has 1 aromatic heterocycles. The summed E-state index contributed by atoms with van der Waals surface area (Å²) in [5.74, 6) is 0.501. The largest absolute Gasteiger partial charge is 0.492 e. The molecule has 0 atom stereocenters. The number of carbonyl (C=O) groups excluding carboxylic acids is 1. The van der Waals surface area contributed by atoms with Crippen LogP contribution in [0.2, 0.25) is 5.02 Å². The Hall–Kier alpha value is -1.98. The van der Waals surface area contributed by atoms with Gasteiger partial charge in [0, 0.05) is 15.9 Å². The number of hydrogen-bond donors (Lipinski definition) is 2. The summed E-state index contributed by atoms with van der Waals surface area (Å²) in [6.45, 7) is 0.761. The highest BCUT2D eigenvalue weighted by molar-refractivity contribution is 9.10. The number of fused-ring (bicyclic) bond motifs is 1. The molecular weight excluding hydrogens is 380 g/mol. The maximum atomic E-state index is 12.3. The second kappa shape index (κ2) is 7.06. The Labute approximate surface area is 146 Å². The van der Waals surface area contributed by atoms with Crippen LogP contribution < -0.4 is 10.1 Å². The minimum atomic E-state index is -0.178. The van der Waals surface area contributed by atoms with Gasteiger partial charge in [-0.3, -0.25) is 4.79 Å². The Bertz CT molecular complexity index is 847. The van der Waals surface area contributed by atoms with Gasteiger partial charge < -0.3 is 15.0 Å². The number of amides is 1. The molecule has 4 nitrogen and oxygen atoms in total. The van der Waals surface area contributed by atoms with Crippen molar-refractivity contribution in [2.24, 2.45) is 0 Å². The Balaban J connectivity index is 1.57. The molecule has 2 N–H and O–H groups in total. The summed E-state index contributed by atoms with van der Waals surface area (Å²) in [6.07, 6.45) is 0. The molecule has 6 heteroatoms. The Kier molecular flexibility index (Phi) is 4.88. The number of halogens is 2. The standard InChI is InChI=1S/C17H14BrClN2O2/c18-15-13-6-1-2-7-14(13)21-16(15)17(22)20-8-9-23-12-5-3-4-11(19)10-12/h1-7,10,21H,8-9H2,(H,20,22). The van der Waals surface area contributed by atoms with Crippen LogP contribution in [0.5, 0.6) is 5.75 Å². The lowest BCUT2D eigenvalue weighted by atomic mass is 10.2. The Morgan fingerprint density at radius 1 is 1.22 bits per heavy atom. The van der Waals surface area contributed by atoms with Crippen molar-refractivity contribution in [3.63, 3.8) is 0 Å². The zero-order valence-corrected chi connectivity index (χ0v) is 14.4. The molecule has 118 valence electrons. The van der Waals surface area contributed by atoms with E-state index in [0.29, 0.717) is 29.6 Å². The van der Waals surface area contributed by atoms with E-state index in [0.717, 1.165) is 15.4 Å². The summed E-state index contributed by atoms with van der Waals surface area (Å²) in [7, 11) is 0. The number of nitrogens with one attached hydrogen (secondary N) is 2. The summed E-state index contributed by atoms with van der Waals surface area (Å²) in [5.41, 5.74) is 1.42. The van der Waals surface area contributed by atoms with Gasteiger partial charge in [0.1, 0.15) is 18.1 Å². The molecule has 3 rings (SSSR count). The predicted octanol–water partition coefficient (Wildman–Crippen LogP) is 4.39. The number of rotatable bonds is 5. The molecule has 1 heterocycles. The third kappa shape index (κ3) is 3.68. The van der Waals surface area contributed by atoms with Gasteiger partial charge in [-0.15, -0.1) is 0 Å². The number of H-pyrrole nitrogens is 1. The van der Waals surface area contributed by atoms with E-state index in [1.807, 2.05) is 36.4 Å². The molecule has 0 aliphatic heterocycles. The van der Waals surface area contributed by atoms with Crippen molar-refractivity contribution in [2.75, 3.05) is 13.2 Å². The molecular formula is C17H14BrClN2O2. The van der Waals surface area contributed by atoms with Gasteiger partial charge in [-0.1, -0.05) is 35.9 Å². The normalized spacial score (nSPS) is 10.7. The molecule has 2 aromatic carbocycles. The van der Waals surface area contributed by atoms with Gasteiger partial charge in [-0.05, 0) is 40.2 Å². The van der Waals surface area contributed by atoms with E-state index in [4.69, 9.17) is 16.3 Å². The fraction of sp³-hybridized carbons (Fsp3) is 0.118. The number of aromatic nitrogens is 1. The second-order valence-corrected chi connectivity index (χ2v) is 6.15. The number of aromatic amines is 1. The van der Waals surface area contributed by atoms with Crippen LogP contribution in [0.4, 0.5) is 0 Å². The number of carbonyl (C=O) groups is 1. The molecule has 0 saturated heterocycles. The molecule has 0 spiro atoms. The highest BCUT2D eigenvalue weighted by Crippen LogP contribution is 2.27. The lowest BCUT2D eigenvalue weighted by Gasteiger charge is -2.07.